The lowest BCUT2D eigenvalue weighted by Gasteiger charge is -2.13. The summed E-state index contributed by atoms with van der Waals surface area (Å²) in [6, 6.07) is 13.6. The van der Waals surface area contributed by atoms with Gasteiger partial charge in [-0.15, -0.1) is 0 Å². The van der Waals surface area contributed by atoms with Gasteiger partial charge in [0.05, 0.1) is 16.5 Å². The molecule has 2 aromatic rings. The normalized spacial score (nSPS) is 15.1. The molecule has 3 rings (SSSR count). The second kappa shape index (κ2) is 9.49. The number of imide groups is 1. The largest absolute Gasteiger partial charge is 0.490 e. The monoisotopic (exact) mass is 433 g/mol. The molecule has 0 atom stereocenters. The van der Waals surface area contributed by atoms with Crippen LogP contribution in [0.4, 0.5) is 4.79 Å². The molecule has 9 heteroatoms. The number of amides is 2. The number of halogens is 1. The Hall–Kier alpha value is -2.97. The number of hydrogen-bond acceptors (Lipinski definition) is 6. The van der Waals surface area contributed by atoms with Crippen molar-refractivity contribution in [3.63, 3.8) is 0 Å². The van der Waals surface area contributed by atoms with Crippen LogP contribution in [-0.2, 0) is 9.59 Å². The van der Waals surface area contributed by atoms with Crippen LogP contribution in [0.15, 0.2) is 53.4 Å². The molecule has 1 aliphatic rings. The van der Waals surface area contributed by atoms with E-state index < -0.39 is 23.7 Å². The third-order valence-electron chi connectivity index (χ3n) is 3.84. The van der Waals surface area contributed by atoms with Crippen LogP contribution in [-0.4, -0.2) is 46.9 Å². The number of carboxylic acids is 1. The molecule has 0 saturated carbocycles. The number of carbonyl (C=O) groups excluding carboxylic acids is 2. The number of carboxylic acid groups (broad SMARTS) is 1. The highest BCUT2D eigenvalue weighted by molar-refractivity contribution is 8.18. The van der Waals surface area contributed by atoms with E-state index in [1.54, 1.807) is 48.5 Å². The summed E-state index contributed by atoms with van der Waals surface area (Å²) in [4.78, 5) is 36.9. The number of hydrogen-bond donors (Lipinski definition) is 1. The van der Waals surface area contributed by atoms with Gasteiger partial charge in [0.15, 0.2) is 6.61 Å². The van der Waals surface area contributed by atoms with Crippen molar-refractivity contribution in [1.82, 2.24) is 4.90 Å². The molecule has 1 N–H and O–H groups in total. The number of thioether (sulfide) groups is 1. The molecule has 0 aromatic heterocycles. The van der Waals surface area contributed by atoms with Gasteiger partial charge in [-0.2, -0.15) is 0 Å². The summed E-state index contributed by atoms with van der Waals surface area (Å²) in [5.74, 6) is -0.778. The lowest BCUT2D eigenvalue weighted by atomic mass is 10.2. The molecule has 0 unspecified atom stereocenters. The summed E-state index contributed by atoms with van der Waals surface area (Å²) in [5, 5.41) is 8.81. The van der Waals surface area contributed by atoms with E-state index in [2.05, 4.69) is 0 Å². The summed E-state index contributed by atoms with van der Waals surface area (Å²) in [6.07, 6.45) is 1.51. The zero-order valence-corrected chi connectivity index (χ0v) is 16.6. The van der Waals surface area contributed by atoms with E-state index in [0.717, 1.165) is 16.7 Å². The molecule has 1 saturated heterocycles. The van der Waals surface area contributed by atoms with Crippen LogP contribution in [0, 0.1) is 0 Å². The molecule has 0 radical (unpaired) electrons. The zero-order valence-electron chi connectivity index (χ0n) is 15.0. The van der Waals surface area contributed by atoms with Crippen LogP contribution in [0.5, 0.6) is 11.5 Å². The van der Waals surface area contributed by atoms with E-state index in [1.165, 1.54) is 6.08 Å². The minimum atomic E-state index is -1.11. The summed E-state index contributed by atoms with van der Waals surface area (Å²) in [5.41, 5.74) is 0.506. The number of aliphatic carboxylic acids is 1. The van der Waals surface area contributed by atoms with Crippen molar-refractivity contribution < 1.29 is 29.0 Å². The minimum absolute atomic E-state index is 0.0738. The highest BCUT2D eigenvalue weighted by Gasteiger charge is 2.35. The van der Waals surface area contributed by atoms with Crippen LogP contribution in [0.3, 0.4) is 0 Å². The number of benzene rings is 2. The Morgan fingerprint density at radius 3 is 2.48 bits per heavy atom. The Kier molecular flexibility index (Phi) is 6.79. The third kappa shape index (κ3) is 5.30. The predicted octanol–water partition coefficient (Wildman–Crippen LogP) is 3.92. The lowest BCUT2D eigenvalue weighted by Crippen LogP contribution is -2.32. The molecule has 150 valence electrons. The maximum absolute atomic E-state index is 12.6. The highest BCUT2D eigenvalue weighted by atomic mass is 35.5. The fourth-order valence-corrected chi connectivity index (χ4v) is 3.56. The van der Waals surface area contributed by atoms with Crippen molar-refractivity contribution in [3.8, 4) is 11.5 Å². The molecule has 2 aromatic carbocycles. The number of ether oxygens (including phenoxy) is 2. The van der Waals surface area contributed by atoms with Crippen LogP contribution in [0.25, 0.3) is 6.08 Å². The van der Waals surface area contributed by atoms with Crippen LogP contribution >= 0.6 is 23.4 Å². The summed E-state index contributed by atoms with van der Waals surface area (Å²) < 4.78 is 10.8. The lowest BCUT2D eigenvalue weighted by molar-refractivity contribution is -0.139. The fraction of sp³-hybridized carbons (Fsp3) is 0.150. The third-order valence-corrected chi connectivity index (χ3v) is 5.06. The van der Waals surface area contributed by atoms with E-state index in [1.807, 2.05) is 0 Å². The molecule has 0 aliphatic carbocycles. The van der Waals surface area contributed by atoms with Crippen LogP contribution in [0.1, 0.15) is 5.56 Å². The van der Waals surface area contributed by atoms with E-state index in [0.29, 0.717) is 22.1 Å². The van der Waals surface area contributed by atoms with Crippen molar-refractivity contribution in [2.75, 3.05) is 19.8 Å². The highest BCUT2D eigenvalue weighted by Crippen LogP contribution is 2.34. The van der Waals surface area contributed by atoms with Crippen molar-refractivity contribution in [3.05, 3.63) is 64.0 Å². The van der Waals surface area contributed by atoms with Gasteiger partial charge in [0.25, 0.3) is 11.1 Å². The molecule has 0 spiro atoms. The van der Waals surface area contributed by atoms with Gasteiger partial charge in [-0.05, 0) is 36.0 Å². The quantitative estimate of drug-likeness (QED) is 0.630. The van der Waals surface area contributed by atoms with Crippen molar-refractivity contribution in [2.24, 2.45) is 0 Å². The first kappa shape index (κ1) is 20.8. The van der Waals surface area contributed by atoms with E-state index in [4.69, 9.17) is 26.2 Å². The zero-order chi connectivity index (χ0) is 20.8. The van der Waals surface area contributed by atoms with Gasteiger partial charge in [-0.1, -0.05) is 41.9 Å². The van der Waals surface area contributed by atoms with Gasteiger partial charge in [0.1, 0.15) is 18.1 Å². The van der Waals surface area contributed by atoms with Gasteiger partial charge < -0.3 is 14.6 Å². The Labute approximate surface area is 175 Å². The minimum Gasteiger partial charge on any atom is -0.490 e. The Bertz CT molecular complexity index is 977. The molecule has 29 heavy (non-hydrogen) atoms. The second-order valence-corrected chi connectivity index (χ2v) is 7.23. The van der Waals surface area contributed by atoms with Gasteiger partial charge in [-0.25, -0.2) is 4.79 Å². The molecule has 7 nitrogen and oxygen atoms in total. The molecule has 1 fully saturated rings. The van der Waals surface area contributed by atoms with Crippen molar-refractivity contribution in [1.29, 1.82) is 0 Å². The van der Waals surface area contributed by atoms with E-state index in [-0.39, 0.29) is 18.1 Å². The topological polar surface area (TPSA) is 93.1 Å². The first-order valence-corrected chi connectivity index (χ1v) is 9.71. The SMILES string of the molecule is O=C(O)COc1ccccc1/C=C1\SC(=O)N(CCOc2ccccc2Cl)C1=O. The first-order valence-electron chi connectivity index (χ1n) is 8.52. The fourth-order valence-electron chi connectivity index (χ4n) is 2.51. The Morgan fingerprint density at radius 1 is 1.07 bits per heavy atom. The van der Waals surface area contributed by atoms with Gasteiger partial charge in [-0.3, -0.25) is 14.5 Å². The Balaban J connectivity index is 1.67. The number of carbonyl (C=O) groups is 3. The number of nitrogens with zero attached hydrogens (tertiary/aromatic N) is 1. The molecular weight excluding hydrogens is 418 g/mol. The second-order valence-electron chi connectivity index (χ2n) is 5.83. The van der Waals surface area contributed by atoms with Crippen LogP contribution in [0.2, 0.25) is 5.02 Å². The van der Waals surface area contributed by atoms with Gasteiger partial charge in [0, 0.05) is 5.56 Å². The maximum Gasteiger partial charge on any atom is 0.341 e. The average Bonchev–Trinajstić information content (AvgIpc) is 2.96. The smallest absolute Gasteiger partial charge is 0.341 e. The molecule has 0 bridgehead atoms. The number of para-hydroxylation sites is 2. The molecule has 1 heterocycles. The summed E-state index contributed by atoms with van der Waals surface area (Å²) in [6.45, 7) is -0.330. The van der Waals surface area contributed by atoms with E-state index in [9.17, 15) is 14.4 Å². The van der Waals surface area contributed by atoms with Crippen molar-refractivity contribution in [2.45, 2.75) is 0 Å². The van der Waals surface area contributed by atoms with Crippen molar-refractivity contribution >= 4 is 46.6 Å². The predicted molar refractivity (Wildman–Crippen MR) is 109 cm³/mol. The first-order chi connectivity index (χ1) is 14.0. The Morgan fingerprint density at radius 2 is 1.76 bits per heavy atom. The molecule has 1 aliphatic heterocycles. The summed E-state index contributed by atoms with van der Waals surface area (Å²) >= 11 is 6.82. The number of rotatable bonds is 8. The molecule has 2 amide bonds. The van der Waals surface area contributed by atoms with Crippen LogP contribution < -0.4 is 9.47 Å². The molecular formula is C20H16ClNO6S. The average molecular weight is 434 g/mol. The maximum atomic E-state index is 12.6. The van der Waals surface area contributed by atoms with Gasteiger partial charge in [0.2, 0.25) is 0 Å². The summed E-state index contributed by atoms with van der Waals surface area (Å²) in [7, 11) is 0. The van der Waals surface area contributed by atoms with E-state index >= 15 is 0 Å². The van der Waals surface area contributed by atoms with Gasteiger partial charge >= 0.3 is 5.97 Å². The standard InChI is InChI=1S/C20H16ClNO6S/c21-14-6-2-4-8-16(14)27-10-9-22-19(25)17(29-20(22)26)11-13-5-1-3-7-15(13)28-12-18(23)24/h1-8,11H,9-10,12H2,(H,23,24)/b17-11-.